The highest BCUT2D eigenvalue weighted by Crippen LogP contribution is 2.26. The summed E-state index contributed by atoms with van der Waals surface area (Å²) in [5.74, 6) is -0.516. The van der Waals surface area contributed by atoms with Gasteiger partial charge < -0.3 is 15.5 Å². The van der Waals surface area contributed by atoms with Gasteiger partial charge in [-0.3, -0.25) is 9.59 Å². The fraction of sp³-hybridized carbons (Fsp3) is 0.176. The van der Waals surface area contributed by atoms with E-state index in [1.165, 1.54) is 4.90 Å². The van der Waals surface area contributed by atoms with E-state index in [1.807, 2.05) is 18.2 Å². The van der Waals surface area contributed by atoms with Gasteiger partial charge in [0.05, 0.1) is 23.8 Å². The van der Waals surface area contributed by atoms with Crippen molar-refractivity contribution < 1.29 is 9.59 Å². The lowest BCUT2D eigenvalue weighted by Crippen LogP contribution is -2.38. The van der Waals surface area contributed by atoms with E-state index in [4.69, 9.17) is 11.6 Å². The largest absolute Gasteiger partial charge is 0.375 e. The van der Waals surface area contributed by atoms with Crippen LogP contribution in [0.2, 0.25) is 5.02 Å². The van der Waals surface area contributed by atoms with Crippen LogP contribution < -0.4 is 10.6 Å². The zero-order valence-electron chi connectivity index (χ0n) is 13.4. The number of nitrogens with one attached hydrogen (secondary N) is 2. The number of hydrogen-bond acceptors (Lipinski definition) is 3. The van der Waals surface area contributed by atoms with Gasteiger partial charge in [0, 0.05) is 21.7 Å². The fourth-order valence-electron chi connectivity index (χ4n) is 1.99. The first-order chi connectivity index (χ1) is 11.9. The second-order valence-corrected chi connectivity index (χ2v) is 7.43. The Balaban J connectivity index is 1.85. The standard InChI is InChI=1S/C17H16Br2ClN3O2/c1-23(10-16(24)22-15-5-3-2-4-13(15)20)17(25)9-21-14-7-6-11(18)8-12(14)19/h2-8,21H,9-10H2,1H3,(H,22,24). The first kappa shape index (κ1) is 19.8. The van der Waals surface area contributed by atoms with E-state index in [0.717, 1.165) is 14.6 Å². The average Bonchev–Trinajstić information content (AvgIpc) is 2.55. The fourth-order valence-corrected chi connectivity index (χ4v) is 3.36. The third-order valence-electron chi connectivity index (χ3n) is 3.32. The van der Waals surface area contributed by atoms with Gasteiger partial charge in [-0.1, -0.05) is 39.7 Å². The molecular formula is C17H16Br2ClN3O2. The van der Waals surface area contributed by atoms with Crippen LogP contribution in [0.1, 0.15) is 0 Å². The number of hydrogen-bond donors (Lipinski definition) is 2. The molecule has 0 aromatic heterocycles. The summed E-state index contributed by atoms with van der Waals surface area (Å²) in [6, 6.07) is 12.5. The molecule has 2 rings (SSSR count). The number of likely N-dealkylation sites (N-methyl/N-ethyl adjacent to an activating group) is 1. The van der Waals surface area contributed by atoms with Gasteiger partial charge in [0.15, 0.2) is 0 Å². The normalized spacial score (nSPS) is 10.2. The van der Waals surface area contributed by atoms with Crippen molar-refractivity contribution >= 4 is 66.6 Å². The summed E-state index contributed by atoms with van der Waals surface area (Å²) in [5.41, 5.74) is 1.32. The van der Waals surface area contributed by atoms with Crippen LogP contribution in [0.5, 0.6) is 0 Å². The van der Waals surface area contributed by atoms with Gasteiger partial charge in [-0.25, -0.2) is 0 Å². The number of benzene rings is 2. The van der Waals surface area contributed by atoms with Gasteiger partial charge in [-0.05, 0) is 46.3 Å². The van der Waals surface area contributed by atoms with E-state index in [0.29, 0.717) is 10.7 Å². The summed E-state index contributed by atoms with van der Waals surface area (Å²) in [7, 11) is 1.58. The molecule has 2 N–H and O–H groups in total. The summed E-state index contributed by atoms with van der Waals surface area (Å²) in [6.07, 6.45) is 0. The molecule has 0 atom stereocenters. The summed E-state index contributed by atoms with van der Waals surface area (Å²) in [4.78, 5) is 25.6. The molecule has 8 heteroatoms. The highest BCUT2D eigenvalue weighted by atomic mass is 79.9. The SMILES string of the molecule is CN(CC(=O)Nc1ccccc1Cl)C(=O)CNc1ccc(Br)cc1Br. The molecule has 5 nitrogen and oxygen atoms in total. The molecule has 0 fully saturated rings. The van der Waals surface area contributed by atoms with Crippen molar-refractivity contribution in [2.24, 2.45) is 0 Å². The molecule has 0 spiro atoms. The highest BCUT2D eigenvalue weighted by molar-refractivity contribution is 9.11. The van der Waals surface area contributed by atoms with Crippen molar-refractivity contribution in [2.75, 3.05) is 30.8 Å². The maximum Gasteiger partial charge on any atom is 0.244 e. The second kappa shape index (κ2) is 9.22. The molecule has 132 valence electrons. The van der Waals surface area contributed by atoms with Crippen LogP contribution in [0.4, 0.5) is 11.4 Å². The van der Waals surface area contributed by atoms with Crippen LogP contribution in [0, 0.1) is 0 Å². The third-order valence-corrected chi connectivity index (χ3v) is 4.79. The van der Waals surface area contributed by atoms with Gasteiger partial charge in [0.1, 0.15) is 0 Å². The monoisotopic (exact) mass is 487 g/mol. The molecule has 0 aliphatic carbocycles. The minimum absolute atomic E-state index is 0.0623. The van der Waals surface area contributed by atoms with Gasteiger partial charge in [0.25, 0.3) is 0 Å². The van der Waals surface area contributed by atoms with Gasteiger partial charge in [-0.15, -0.1) is 0 Å². The summed E-state index contributed by atoms with van der Waals surface area (Å²) >= 11 is 12.8. The van der Waals surface area contributed by atoms with Gasteiger partial charge in [-0.2, -0.15) is 0 Å². The Hall–Kier alpha value is -1.57. The Morgan fingerprint density at radius 3 is 2.52 bits per heavy atom. The third kappa shape index (κ3) is 6.02. The zero-order chi connectivity index (χ0) is 18.4. The van der Waals surface area contributed by atoms with Crippen molar-refractivity contribution in [3.8, 4) is 0 Å². The molecule has 25 heavy (non-hydrogen) atoms. The Labute approximate surface area is 168 Å². The Morgan fingerprint density at radius 1 is 1.12 bits per heavy atom. The molecule has 2 aromatic carbocycles. The minimum atomic E-state index is -0.311. The predicted molar refractivity (Wildman–Crippen MR) is 108 cm³/mol. The molecule has 2 aromatic rings. The van der Waals surface area contributed by atoms with Crippen LogP contribution in [0.25, 0.3) is 0 Å². The second-order valence-electron chi connectivity index (χ2n) is 5.26. The quantitative estimate of drug-likeness (QED) is 0.633. The summed E-state index contributed by atoms with van der Waals surface area (Å²) < 4.78 is 1.78. The number of halogens is 3. The number of carbonyl (C=O) groups excluding carboxylic acids is 2. The Morgan fingerprint density at radius 2 is 1.84 bits per heavy atom. The average molecular weight is 490 g/mol. The molecule has 0 heterocycles. The van der Waals surface area contributed by atoms with Crippen molar-refractivity contribution in [3.63, 3.8) is 0 Å². The first-order valence-corrected chi connectivity index (χ1v) is 9.30. The van der Waals surface area contributed by atoms with Gasteiger partial charge >= 0.3 is 0 Å². The number of amides is 2. The van der Waals surface area contributed by atoms with E-state index < -0.39 is 0 Å². The lowest BCUT2D eigenvalue weighted by Gasteiger charge is -2.18. The molecule has 0 saturated heterocycles. The lowest BCUT2D eigenvalue weighted by molar-refractivity contribution is -0.131. The molecule has 0 aliphatic heterocycles. The van der Waals surface area contributed by atoms with E-state index in [-0.39, 0.29) is 24.9 Å². The molecule has 0 aliphatic rings. The smallest absolute Gasteiger partial charge is 0.244 e. The molecule has 0 saturated carbocycles. The Bertz CT molecular complexity index is 786. The zero-order valence-corrected chi connectivity index (χ0v) is 17.3. The summed E-state index contributed by atoms with van der Waals surface area (Å²) in [5, 5.41) is 6.18. The number of anilines is 2. The predicted octanol–water partition coefficient (Wildman–Crippen LogP) is 4.37. The van der Waals surface area contributed by atoms with Crippen LogP contribution in [0.15, 0.2) is 51.4 Å². The number of nitrogens with zero attached hydrogens (tertiary/aromatic N) is 1. The molecule has 0 unspecified atom stereocenters. The number of para-hydroxylation sites is 1. The van der Waals surface area contributed by atoms with Crippen LogP contribution in [-0.4, -0.2) is 36.9 Å². The topological polar surface area (TPSA) is 61.4 Å². The molecular weight excluding hydrogens is 473 g/mol. The van der Waals surface area contributed by atoms with E-state index in [9.17, 15) is 9.59 Å². The van der Waals surface area contributed by atoms with Crippen molar-refractivity contribution in [2.45, 2.75) is 0 Å². The van der Waals surface area contributed by atoms with Crippen LogP contribution in [-0.2, 0) is 9.59 Å². The van der Waals surface area contributed by atoms with E-state index in [2.05, 4.69) is 42.5 Å². The number of rotatable bonds is 6. The first-order valence-electron chi connectivity index (χ1n) is 7.34. The van der Waals surface area contributed by atoms with Crippen molar-refractivity contribution in [3.05, 3.63) is 56.4 Å². The molecule has 0 radical (unpaired) electrons. The molecule has 0 bridgehead atoms. The Kier molecular flexibility index (Phi) is 7.28. The summed E-state index contributed by atoms with van der Waals surface area (Å²) in [6.45, 7) is 0.0172. The van der Waals surface area contributed by atoms with Crippen LogP contribution in [0.3, 0.4) is 0 Å². The van der Waals surface area contributed by atoms with E-state index >= 15 is 0 Å². The van der Waals surface area contributed by atoms with Crippen LogP contribution >= 0.6 is 43.5 Å². The van der Waals surface area contributed by atoms with Gasteiger partial charge in [0.2, 0.25) is 11.8 Å². The van der Waals surface area contributed by atoms with Crippen molar-refractivity contribution in [1.82, 2.24) is 4.90 Å². The number of carbonyl (C=O) groups is 2. The highest BCUT2D eigenvalue weighted by Gasteiger charge is 2.14. The minimum Gasteiger partial charge on any atom is -0.375 e. The van der Waals surface area contributed by atoms with Crippen molar-refractivity contribution in [1.29, 1.82) is 0 Å². The maximum absolute atomic E-state index is 12.2. The molecule has 2 amide bonds. The maximum atomic E-state index is 12.2. The van der Waals surface area contributed by atoms with E-state index in [1.54, 1.807) is 31.3 Å². The lowest BCUT2D eigenvalue weighted by atomic mass is 10.3.